The molecule has 0 spiro atoms. The monoisotopic (exact) mass is 474 g/mol. The molecule has 0 nitrogen and oxygen atoms in total. The largest absolute Gasteiger partial charge is 4.00 e. The predicted molar refractivity (Wildman–Crippen MR) is 20.3 cm³/mol. The Hall–Kier alpha value is 2.31. The van der Waals surface area contributed by atoms with E-state index in [0.29, 0.717) is 0 Å². The van der Waals surface area contributed by atoms with Crippen molar-refractivity contribution in [2.24, 2.45) is 0 Å². The molecule has 0 aliphatic rings. The molecule has 0 aliphatic carbocycles. The van der Waals surface area contributed by atoms with Crippen molar-refractivity contribution in [3.8, 4) is 0 Å². The van der Waals surface area contributed by atoms with Crippen LogP contribution >= 0.6 is 0 Å². The van der Waals surface area contributed by atoms with Crippen LogP contribution in [0.1, 0.15) is 19.8 Å². The summed E-state index contributed by atoms with van der Waals surface area (Å²) in [7, 11) is 0. The summed E-state index contributed by atoms with van der Waals surface area (Å²) in [6.45, 7) is 5.72. The van der Waals surface area contributed by atoms with E-state index >= 15 is 0 Å². The molecule has 0 aliphatic heterocycles. The molecule has 0 aromatic carbocycles. The quantitative estimate of drug-likeness (QED) is 0.261. The van der Waals surface area contributed by atoms with Crippen LogP contribution in [0.5, 0.6) is 0 Å². The Morgan fingerprint density at radius 2 is 1.25 bits per heavy atom. The molecule has 0 atom stereocenters. The maximum Gasteiger partial charge on any atom is 4.00 e. The van der Waals surface area contributed by atoms with E-state index in [9.17, 15) is 0 Å². The molecular weight excluding hydrogens is 466 g/mol. The van der Waals surface area contributed by atoms with Gasteiger partial charge in [-0.1, -0.05) is 13.3 Å². The van der Waals surface area contributed by atoms with Gasteiger partial charge in [0, 0.05) is 0 Å². The van der Waals surface area contributed by atoms with Gasteiger partial charge in [-0.2, -0.15) is 6.42 Å². The maximum atomic E-state index is 3.60. The first-order valence-corrected chi connectivity index (χ1v) is 1.71. The summed E-state index contributed by atoms with van der Waals surface area (Å²) in [5.74, 6) is 0. The first-order valence-electron chi connectivity index (χ1n) is 1.71. The van der Waals surface area contributed by atoms with Crippen LogP contribution in [0.2, 0.25) is 0 Å². The third-order valence-corrected chi connectivity index (χ3v) is 0.354. The third kappa shape index (κ3) is 40.5. The SMILES string of the molecule is [Br-].[Br-].[Br-].[CH2-]CCC.[Hf+4]. The van der Waals surface area contributed by atoms with E-state index in [1.807, 2.05) is 0 Å². The van der Waals surface area contributed by atoms with Crippen LogP contribution < -0.4 is 50.9 Å². The Kier molecular flexibility index (Phi) is 137. The van der Waals surface area contributed by atoms with Gasteiger partial charge in [-0.05, 0) is 0 Å². The van der Waals surface area contributed by atoms with Gasteiger partial charge in [-0.15, -0.1) is 0 Å². The van der Waals surface area contributed by atoms with Crippen molar-refractivity contribution < 1.29 is 76.8 Å². The second kappa shape index (κ2) is 34.6. The molecule has 4 heteroatoms. The van der Waals surface area contributed by atoms with Gasteiger partial charge < -0.3 is 57.9 Å². The van der Waals surface area contributed by atoms with Gasteiger partial charge in [0.1, 0.15) is 0 Å². The normalized spacial score (nSPS) is 3.75. The summed E-state index contributed by atoms with van der Waals surface area (Å²) in [4.78, 5) is 0. The number of unbranched alkanes of at least 4 members (excludes halogenated alkanes) is 1. The summed E-state index contributed by atoms with van der Waals surface area (Å²) in [5, 5.41) is 0. The van der Waals surface area contributed by atoms with Gasteiger partial charge in [0.25, 0.3) is 0 Å². The van der Waals surface area contributed by atoms with E-state index < -0.39 is 0 Å². The first kappa shape index (κ1) is 31.7. The van der Waals surface area contributed by atoms with Crippen LogP contribution in [0, 0.1) is 6.92 Å². The fourth-order valence-electron chi connectivity index (χ4n) is 0. The van der Waals surface area contributed by atoms with Crippen LogP contribution in [0.3, 0.4) is 0 Å². The Morgan fingerprint density at radius 1 is 1.12 bits per heavy atom. The topological polar surface area (TPSA) is 0 Å². The summed E-state index contributed by atoms with van der Waals surface area (Å²) >= 11 is 0. The van der Waals surface area contributed by atoms with E-state index in [0.717, 1.165) is 6.42 Å². The number of rotatable bonds is 1. The van der Waals surface area contributed by atoms with Gasteiger partial charge in [-0.25, -0.2) is 0 Å². The van der Waals surface area contributed by atoms with Gasteiger partial charge in [0.05, 0.1) is 0 Å². The minimum absolute atomic E-state index is 0. The van der Waals surface area contributed by atoms with Crippen LogP contribution in [-0.4, -0.2) is 0 Å². The van der Waals surface area contributed by atoms with Gasteiger partial charge in [0.15, 0.2) is 0 Å². The number of halogens is 3. The van der Waals surface area contributed by atoms with Crippen LogP contribution in [0.25, 0.3) is 0 Å². The standard InChI is InChI=1S/C4H9.3BrH.Hf/c1-3-4-2;;;;/h1,3-4H2,2H3;3*1H;/q-1;;;;+4/p-3. The average Bonchev–Trinajstić information content (AvgIpc) is 1.37. The molecule has 0 unspecified atom stereocenters. The van der Waals surface area contributed by atoms with Crippen molar-refractivity contribution >= 4 is 0 Å². The molecule has 50 valence electrons. The van der Waals surface area contributed by atoms with E-state index in [1.54, 1.807) is 0 Å². The molecule has 0 aromatic heterocycles. The van der Waals surface area contributed by atoms with Crippen molar-refractivity contribution in [3.05, 3.63) is 6.92 Å². The molecule has 0 saturated carbocycles. The van der Waals surface area contributed by atoms with Crippen molar-refractivity contribution in [1.82, 2.24) is 0 Å². The Morgan fingerprint density at radius 3 is 1.25 bits per heavy atom. The van der Waals surface area contributed by atoms with Crippen molar-refractivity contribution in [2.45, 2.75) is 19.8 Å². The van der Waals surface area contributed by atoms with Crippen molar-refractivity contribution in [1.29, 1.82) is 0 Å². The zero-order valence-electron chi connectivity index (χ0n) is 4.76. The van der Waals surface area contributed by atoms with Gasteiger partial charge in [0.2, 0.25) is 0 Å². The van der Waals surface area contributed by atoms with Crippen LogP contribution in [0.4, 0.5) is 0 Å². The fraction of sp³-hybridized carbons (Fsp3) is 0.750. The van der Waals surface area contributed by atoms with Gasteiger partial charge >= 0.3 is 25.8 Å². The molecule has 0 aromatic rings. The predicted octanol–water partition coefficient (Wildman–Crippen LogP) is -7.37. The molecule has 0 N–H and O–H groups in total. The van der Waals surface area contributed by atoms with Crippen LogP contribution in [-0.2, 0) is 25.8 Å². The second-order valence-corrected chi connectivity index (χ2v) is 0.854. The third-order valence-electron chi connectivity index (χ3n) is 0.354. The summed E-state index contributed by atoms with van der Waals surface area (Å²) < 4.78 is 0. The van der Waals surface area contributed by atoms with E-state index in [4.69, 9.17) is 0 Å². The number of hydrogen-bond donors (Lipinski definition) is 0. The first-order chi connectivity index (χ1) is 1.91. The average molecular weight is 475 g/mol. The Balaban J connectivity index is -0.00000000750. The zero-order chi connectivity index (χ0) is 3.41. The maximum absolute atomic E-state index is 3.60. The Bertz CT molecular complexity index is 13.2. The molecule has 0 heterocycles. The van der Waals surface area contributed by atoms with E-state index in [2.05, 4.69) is 13.8 Å². The second-order valence-electron chi connectivity index (χ2n) is 0.854. The summed E-state index contributed by atoms with van der Waals surface area (Å²) in [6, 6.07) is 0. The van der Waals surface area contributed by atoms with E-state index in [1.165, 1.54) is 6.42 Å². The summed E-state index contributed by atoms with van der Waals surface area (Å²) in [5.41, 5.74) is 0. The number of hydrogen-bond acceptors (Lipinski definition) is 0. The molecule has 0 bridgehead atoms. The molecule has 0 rings (SSSR count). The minimum atomic E-state index is 0. The molecule has 0 amide bonds. The molecule has 0 radical (unpaired) electrons. The van der Waals surface area contributed by atoms with Crippen molar-refractivity contribution in [3.63, 3.8) is 0 Å². The summed E-state index contributed by atoms with van der Waals surface area (Å²) in [6.07, 6.45) is 2.28. The zero-order valence-corrected chi connectivity index (χ0v) is 13.1. The smallest absolute Gasteiger partial charge is 1.00 e. The molecule has 0 fully saturated rings. The molecule has 0 saturated heterocycles. The molecular formula is C4H9Br3Hf. The molecule has 8 heavy (non-hydrogen) atoms. The van der Waals surface area contributed by atoms with Gasteiger partial charge in [-0.3, -0.25) is 0 Å². The van der Waals surface area contributed by atoms with Crippen LogP contribution in [0.15, 0.2) is 0 Å². The fourth-order valence-corrected chi connectivity index (χ4v) is 0. The van der Waals surface area contributed by atoms with Crippen molar-refractivity contribution in [2.75, 3.05) is 0 Å². The Labute approximate surface area is 102 Å². The van der Waals surface area contributed by atoms with E-state index in [-0.39, 0.29) is 76.8 Å². The minimum Gasteiger partial charge on any atom is -1.00 e.